The van der Waals surface area contributed by atoms with Gasteiger partial charge in [0.15, 0.2) is 0 Å². The van der Waals surface area contributed by atoms with Gasteiger partial charge in [0, 0.05) is 24.7 Å². The molecule has 0 aromatic heterocycles. The number of esters is 1. The summed E-state index contributed by atoms with van der Waals surface area (Å²) >= 11 is 5.94. The monoisotopic (exact) mass is 511 g/mol. The first-order chi connectivity index (χ1) is 16.3. The van der Waals surface area contributed by atoms with Crippen LogP contribution in [0.1, 0.15) is 17.3 Å². The zero-order valence-corrected chi connectivity index (χ0v) is 20.2. The number of hydrogen-bond acceptors (Lipinski definition) is 8. The van der Waals surface area contributed by atoms with Gasteiger partial charge in [0.1, 0.15) is 12.4 Å². The molecule has 2 aromatic carbocycles. The van der Waals surface area contributed by atoms with E-state index < -0.39 is 22.0 Å². The molecular formula is C22H26ClN3O7S. The molecule has 3 rings (SSSR count). The summed E-state index contributed by atoms with van der Waals surface area (Å²) in [4.78, 5) is 26.6. The average molecular weight is 512 g/mol. The maximum Gasteiger partial charge on any atom is 0.340 e. The largest absolute Gasteiger partial charge is 0.492 e. The van der Waals surface area contributed by atoms with E-state index in [9.17, 15) is 18.0 Å². The fourth-order valence-electron chi connectivity index (χ4n) is 3.17. The molecule has 1 aliphatic heterocycles. The van der Waals surface area contributed by atoms with Crippen LogP contribution in [0.2, 0.25) is 5.02 Å². The fraction of sp³-hybridized carbons (Fsp3) is 0.364. The van der Waals surface area contributed by atoms with Crippen molar-refractivity contribution < 1.29 is 32.2 Å². The fourth-order valence-corrected chi connectivity index (χ4v) is 4.25. The molecule has 1 aliphatic rings. The molecule has 1 heterocycles. The minimum absolute atomic E-state index is 0.0164. The van der Waals surface area contributed by atoms with Gasteiger partial charge in [-0.05, 0) is 49.4 Å². The van der Waals surface area contributed by atoms with E-state index in [4.69, 9.17) is 25.8 Å². The van der Waals surface area contributed by atoms with E-state index in [2.05, 4.69) is 10.2 Å². The van der Waals surface area contributed by atoms with Gasteiger partial charge in [0.25, 0.3) is 10.0 Å². The number of morpholine rings is 1. The Kier molecular flexibility index (Phi) is 9.11. The Morgan fingerprint density at radius 1 is 1.12 bits per heavy atom. The van der Waals surface area contributed by atoms with Crippen molar-refractivity contribution in [2.75, 3.05) is 51.4 Å². The number of ether oxygens (including phenoxy) is 3. The van der Waals surface area contributed by atoms with Gasteiger partial charge in [-0.3, -0.25) is 4.90 Å². The summed E-state index contributed by atoms with van der Waals surface area (Å²) in [5.74, 6) is -0.170. The lowest BCUT2D eigenvalue weighted by Gasteiger charge is -2.26. The number of hydrogen-bond donors (Lipinski definition) is 2. The van der Waals surface area contributed by atoms with Gasteiger partial charge in [-0.15, -0.1) is 0 Å². The van der Waals surface area contributed by atoms with Crippen molar-refractivity contribution in [2.45, 2.75) is 11.8 Å². The first kappa shape index (κ1) is 25.8. The second kappa shape index (κ2) is 12.0. The van der Waals surface area contributed by atoms with Gasteiger partial charge in [-0.25, -0.2) is 22.7 Å². The lowest BCUT2D eigenvalue weighted by Crippen LogP contribution is -2.38. The maximum absolute atomic E-state index is 12.6. The van der Waals surface area contributed by atoms with Crippen molar-refractivity contribution >= 4 is 39.3 Å². The van der Waals surface area contributed by atoms with Crippen LogP contribution in [-0.2, 0) is 19.5 Å². The van der Waals surface area contributed by atoms with E-state index in [1.165, 1.54) is 42.5 Å². The lowest BCUT2D eigenvalue weighted by atomic mass is 10.2. The molecule has 184 valence electrons. The van der Waals surface area contributed by atoms with E-state index in [1.807, 2.05) is 4.72 Å². The number of urea groups is 1. The van der Waals surface area contributed by atoms with Crippen molar-refractivity contribution in [2.24, 2.45) is 0 Å². The normalized spacial score (nSPS) is 14.3. The molecule has 0 unspecified atom stereocenters. The first-order valence-corrected chi connectivity index (χ1v) is 12.5. The van der Waals surface area contributed by atoms with Crippen LogP contribution in [0.5, 0.6) is 5.75 Å². The summed E-state index contributed by atoms with van der Waals surface area (Å²) in [5, 5.41) is 2.58. The van der Waals surface area contributed by atoms with Gasteiger partial charge in [-0.1, -0.05) is 11.6 Å². The van der Waals surface area contributed by atoms with Gasteiger partial charge >= 0.3 is 12.0 Å². The van der Waals surface area contributed by atoms with Crippen LogP contribution in [0.25, 0.3) is 0 Å². The molecule has 0 spiro atoms. The lowest BCUT2D eigenvalue weighted by molar-refractivity contribution is 0.0322. The minimum Gasteiger partial charge on any atom is -0.492 e. The van der Waals surface area contributed by atoms with Crippen LogP contribution in [0, 0.1) is 0 Å². The molecule has 10 nitrogen and oxygen atoms in total. The molecule has 1 saturated heterocycles. The van der Waals surface area contributed by atoms with Crippen LogP contribution in [0.15, 0.2) is 47.4 Å². The molecule has 12 heteroatoms. The van der Waals surface area contributed by atoms with E-state index in [-0.39, 0.29) is 27.8 Å². The van der Waals surface area contributed by atoms with Gasteiger partial charge in [0.2, 0.25) is 0 Å². The number of nitrogens with one attached hydrogen (secondary N) is 2. The highest BCUT2D eigenvalue weighted by atomic mass is 35.5. The third kappa shape index (κ3) is 7.32. The average Bonchev–Trinajstić information content (AvgIpc) is 2.80. The summed E-state index contributed by atoms with van der Waals surface area (Å²) < 4.78 is 43.0. The minimum atomic E-state index is -4.18. The van der Waals surface area contributed by atoms with E-state index in [0.29, 0.717) is 25.6 Å². The predicted molar refractivity (Wildman–Crippen MR) is 126 cm³/mol. The first-order valence-electron chi connectivity index (χ1n) is 10.6. The van der Waals surface area contributed by atoms with Gasteiger partial charge in [-0.2, -0.15) is 0 Å². The molecular weight excluding hydrogens is 486 g/mol. The molecule has 2 aromatic rings. The Bertz CT molecular complexity index is 1100. The van der Waals surface area contributed by atoms with Gasteiger partial charge < -0.3 is 19.5 Å². The number of benzene rings is 2. The van der Waals surface area contributed by atoms with Crippen molar-refractivity contribution in [3.63, 3.8) is 0 Å². The smallest absolute Gasteiger partial charge is 0.340 e. The number of carbonyl (C=O) groups excluding carboxylic acids is 2. The van der Waals surface area contributed by atoms with Crippen molar-refractivity contribution in [1.29, 1.82) is 0 Å². The zero-order valence-electron chi connectivity index (χ0n) is 18.6. The molecule has 2 amide bonds. The summed E-state index contributed by atoms with van der Waals surface area (Å²) in [7, 11) is -4.18. The van der Waals surface area contributed by atoms with E-state index >= 15 is 0 Å². The quantitative estimate of drug-likeness (QED) is 0.493. The summed E-state index contributed by atoms with van der Waals surface area (Å²) in [5.41, 5.74) is 0.0556. The highest BCUT2D eigenvalue weighted by molar-refractivity contribution is 7.90. The topological polar surface area (TPSA) is 123 Å². The predicted octanol–water partition coefficient (Wildman–Crippen LogP) is 2.74. The van der Waals surface area contributed by atoms with Crippen LogP contribution in [0.4, 0.5) is 10.5 Å². The Labute approximate surface area is 203 Å². The molecule has 0 aliphatic carbocycles. The molecule has 0 bridgehead atoms. The number of halogens is 1. The van der Waals surface area contributed by atoms with Crippen LogP contribution in [0.3, 0.4) is 0 Å². The van der Waals surface area contributed by atoms with Gasteiger partial charge in [0.05, 0.1) is 36.0 Å². The number of carbonyl (C=O) groups is 2. The Balaban J connectivity index is 1.58. The molecule has 0 saturated carbocycles. The number of sulfonamides is 1. The second-order valence-corrected chi connectivity index (χ2v) is 9.36. The van der Waals surface area contributed by atoms with Crippen LogP contribution in [-0.4, -0.2) is 71.4 Å². The summed E-state index contributed by atoms with van der Waals surface area (Å²) in [6, 6.07) is 8.80. The highest BCUT2D eigenvalue weighted by Crippen LogP contribution is 2.22. The number of nitrogens with zero attached hydrogens (tertiary/aromatic N) is 1. The van der Waals surface area contributed by atoms with E-state index in [1.54, 1.807) is 6.92 Å². The van der Waals surface area contributed by atoms with Crippen molar-refractivity contribution in [3.05, 3.63) is 53.1 Å². The molecule has 1 fully saturated rings. The van der Waals surface area contributed by atoms with E-state index in [0.717, 1.165) is 19.6 Å². The van der Waals surface area contributed by atoms with Crippen LogP contribution < -0.4 is 14.8 Å². The summed E-state index contributed by atoms with van der Waals surface area (Å²) in [6.07, 6.45) is 0. The standard InChI is InChI=1S/C22H26ClN3O7S/c1-2-32-21(27)19-8-3-16(23)15-20(19)24-22(28)25-34(29,30)18-6-4-17(5-7-18)33-14-11-26-9-12-31-13-10-26/h3-8,15H,2,9-14H2,1H3,(H2,24,25,28). The maximum atomic E-state index is 12.6. The van der Waals surface area contributed by atoms with Crippen LogP contribution >= 0.6 is 11.6 Å². The second-order valence-electron chi connectivity index (χ2n) is 7.24. The number of amides is 2. The highest BCUT2D eigenvalue weighted by Gasteiger charge is 2.20. The Morgan fingerprint density at radius 3 is 2.50 bits per heavy atom. The zero-order chi connectivity index (χ0) is 24.6. The Hall–Kier alpha value is -2.86. The number of rotatable bonds is 9. The summed E-state index contributed by atoms with van der Waals surface area (Å²) in [6.45, 7) is 6.07. The molecule has 0 radical (unpaired) electrons. The molecule has 34 heavy (non-hydrogen) atoms. The third-order valence-corrected chi connectivity index (χ3v) is 6.45. The Morgan fingerprint density at radius 2 is 1.82 bits per heavy atom. The third-order valence-electron chi connectivity index (χ3n) is 4.87. The van der Waals surface area contributed by atoms with Crippen molar-refractivity contribution in [1.82, 2.24) is 9.62 Å². The van der Waals surface area contributed by atoms with Crippen molar-refractivity contribution in [3.8, 4) is 5.75 Å². The SMILES string of the molecule is CCOC(=O)c1ccc(Cl)cc1NC(=O)NS(=O)(=O)c1ccc(OCCN2CCOCC2)cc1. The molecule has 0 atom stereocenters. The molecule has 2 N–H and O–H groups in total. The number of anilines is 1.